The first kappa shape index (κ1) is 17.5. The standard InChI is InChI=1S/C19H22N2O3/c1-19(2,3)15-10-5-6-11-16(15)21-18(23)20-14-9-7-8-13(12-14)17(22)24-4/h5-12H,1-4H3,(H2,20,21,23). The molecule has 2 aromatic carbocycles. The van der Waals surface area contributed by atoms with E-state index in [0.29, 0.717) is 11.3 Å². The third-order valence-electron chi connectivity index (χ3n) is 3.52. The highest BCUT2D eigenvalue weighted by molar-refractivity contribution is 6.01. The first-order valence-corrected chi connectivity index (χ1v) is 7.67. The van der Waals surface area contributed by atoms with Crippen molar-refractivity contribution in [1.29, 1.82) is 0 Å². The molecule has 0 aliphatic heterocycles. The Bertz CT molecular complexity index is 748. The maximum absolute atomic E-state index is 12.3. The molecule has 0 saturated heterocycles. The Morgan fingerprint density at radius 1 is 0.958 bits per heavy atom. The zero-order valence-electron chi connectivity index (χ0n) is 14.3. The van der Waals surface area contributed by atoms with Crippen LogP contribution in [0.3, 0.4) is 0 Å². The molecule has 0 saturated carbocycles. The van der Waals surface area contributed by atoms with Gasteiger partial charge in [0.2, 0.25) is 0 Å². The quantitative estimate of drug-likeness (QED) is 0.821. The van der Waals surface area contributed by atoms with Gasteiger partial charge in [0.15, 0.2) is 0 Å². The van der Waals surface area contributed by atoms with E-state index in [9.17, 15) is 9.59 Å². The Morgan fingerprint density at radius 2 is 1.67 bits per heavy atom. The number of para-hydroxylation sites is 1. The smallest absolute Gasteiger partial charge is 0.337 e. The fourth-order valence-corrected chi connectivity index (χ4v) is 2.37. The third kappa shape index (κ3) is 4.35. The summed E-state index contributed by atoms with van der Waals surface area (Å²) in [5.74, 6) is -0.447. The van der Waals surface area contributed by atoms with Crippen LogP contribution in [0, 0.1) is 0 Å². The van der Waals surface area contributed by atoms with Crippen LogP contribution in [0.25, 0.3) is 0 Å². The molecule has 2 aromatic rings. The Labute approximate surface area is 142 Å². The summed E-state index contributed by atoms with van der Waals surface area (Å²) >= 11 is 0. The molecule has 126 valence electrons. The first-order valence-electron chi connectivity index (χ1n) is 7.67. The molecular formula is C19H22N2O3. The minimum absolute atomic E-state index is 0.0886. The number of amides is 2. The zero-order valence-corrected chi connectivity index (χ0v) is 14.3. The van der Waals surface area contributed by atoms with E-state index >= 15 is 0 Å². The number of urea groups is 1. The highest BCUT2D eigenvalue weighted by Gasteiger charge is 2.18. The molecule has 5 nitrogen and oxygen atoms in total. The van der Waals surface area contributed by atoms with Crippen molar-refractivity contribution in [2.45, 2.75) is 26.2 Å². The van der Waals surface area contributed by atoms with Crippen molar-refractivity contribution in [3.63, 3.8) is 0 Å². The van der Waals surface area contributed by atoms with Crippen LogP contribution in [-0.2, 0) is 10.2 Å². The van der Waals surface area contributed by atoms with Crippen LogP contribution in [0.5, 0.6) is 0 Å². The van der Waals surface area contributed by atoms with Crippen molar-refractivity contribution in [3.05, 3.63) is 59.7 Å². The third-order valence-corrected chi connectivity index (χ3v) is 3.52. The topological polar surface area (TPSA) is 67.4 Å². The molecule has 2 N–H and O–H groups in total. The number of esters is 1. The van der Waals surface area contributed by atoms with Gasteiger partial charge in [0, 0.05) is 11.4 Å². The molecular weight excluding hydrogens is 304 g/mol. The van der Waals surface area contributed by atoms with Gasteiger partial charge in [0.25, 0.3) is 0 Å². The summed E-state index contributed by atoms with van der Waals surface area (Å²) in [7, 11) is 1.32. The SMILES string of the molecule is COC(=O)c1cccc(NC(=O)Nc2ccccc2C(C)(C)C)c1. The van der Waals surface area contributed by atoms with Gasteiger partial charge in [-0.15, -0.1) is 0 Å². The summed E-state index contributed by atoms with van der Waals surface area (Å²) in [5, 5.41) is 5.59. The summed E-state index contributed by atoms with van der Waals surface area (Å²) < 4.78 is 4.68. The number of hydrogen-bond donors (Lipinski definition) is 2. The molecule has 0 heterocycles. The van der Waals surface area contributed by atoms with Crippen molar-refractivity contribution in [1.82, 2.24) is 0 Å². The second kappa shape index (κ2) is 7.17. The van der Waals surface area contributed by atoms with E-state index < -0.39 is 5.97 Å². The van der Waals surface area contributed by atoms with Crippen LogP contribution in [0.1, 0.15) is 36.7 Å². The fourth-order valence-electron chi connectivity index (χ4n) is 2.37. The normalized spacial score (nSPS) is 10.8. The average molecular weight is 326 g/mol. The first-order chi connectivity index (χ1) is 11.3. The molecule has 2 rings (SSSR count). The van der Waals surface area contributed by atoms with Gasteiger partial charge in [-0.1, -0.05) is 45.0 Å². The molecule has 0 aliphatic carbocycles. The number of methoxy groups -OCH3 is 1. The van der Waals surface area contributed by atoms with Gasteiger partial charge < -0.3 is 15.4 Å². The molecule has 24 heavy (non-hydrogen) atoms. The average Bonchev–Trinajstić information content (AvgIpc) is 2.53. The van der Waals surface area contributed by atoms with E-state index in [1.54, 1.807) is 24.3 Å². The maximum atomic E-state index is 12.3. The van der Waals surface area contributed by atoms with E-state index in [4.69, 9.17) is 0 Å². The van der Waals surface area contributed by atoms with E-state index in [0.717, 1.165) is 11.3 Å². The lowest BCUT2D eigenvalue weighted by molar-refractivity contribution is 0.0600. The summed E-state index contributed by atoms with van der Waals surface area (Å²) in [6.45, 7) is 6.27. The Kier molecular flexibility index (Phi) is 5.24. The minimum atomic E-state index is -0.447. The lowest BCUT2D eigenvalue weighted by Gasteiger charge is -2.23. The van der Waals surface area contributed by atoms with E-state index in [-0.39, 0.29) is 11.4 Å². The Balaban J connectivity index is 2.14. The van der Waals surface area contributed by atoms with Crippen LogP contribution < -0.4 is 10.6 Å². The summed E-state index contributed by atoms with van der Waals surface area (Å²) in [4.78, 5) is 23.8. The Hall–Kier alpha value is -2.82. The van der Waals surface area contributed by atoms with E-state index in [1.165, 1.54) is 7.11 Å². The maximum Gasteiger partial charge on any atom is 0.337 e. The number of rotatable bonds is 3. The van der Waals surface area contributed by atoms with Gasteiger partial charge in [-0.05, 0) is 35.2 Å². The van der Waals surface area contributed by atoms with Crippen LogP contribution in [0.15, 0.2) is 48.5 Å². The van der Waals surface area contributed by atoms with Crippen molar-refractivity contribution < 1.29 is 14.3 Å². The van der Waals surface area contributed by atoms with Crippen LogP contribution in [-0.4, -0.2) is 19.1 Å². The number of ether oxygens (including phenoxy) is 1. The predicted octanol–water partition coefficient (Wildman–Crippen LogP) is 4.41. The number of nitrogens with one attached hydrogen (secondary N) is 2. The van der Waals surface area contributed by atoms with Crippen molar-refractivity contribution in [2.24, 2.45) is 0 Å². The predicted molar refractivity (Wildman–Crippen MR) is 95.6 cm³/mol. The number of anilines is 2. The summed E-state index contributed by atoms with van der Waals surface area (Å²) in [6.07, 6.45) is 0. The Morgan fingerprint density at radius 3 is 2.33 bits per heavy atom. The van der Waals surface area contributed by atoms with Crippen LogP contribution in [0.2, 0.25) is 0 Å². The molecule has 0 aliphatic rings. The second-order valence-electron chi connectivity index (χ2n) is 6.45. The zero-order chi connectivity index (χ0) is 17.7. The van der Waals surface area contributed by atoms with Gasteiger partial charge in [0.05, 0.1) is 12.7 Å². The number of hydrogen-bond acceptors (Lipinski definition) is 3. The highest BCUT2D eigenvalue weighted by atomic mass is 16.5. The van der Waals surface area contributed by atoms with Crippen LogP contribution >= 0.6 is 0 Å². The number of carbonyl (C=O) groups is 2. The van der Waals surface area contributed by atoms with Gasteiger partial charge in [-0.25, -0.2) is 9.59 Å². The van der Waals surface area contributed by atoms with Gasteiger partial charge in [0.1, 0.15) is 0 Å². The molecule has 0 radical (unpaired) electrons. The second-order valence-corrected chi connectivity index (χ2v) is 6.45. The van der Waals surface area contributed by atoms with E-state index in [1.807, 2.05) is 24.3 Å². The molecule has 0 aromatic heterocycles. The summed E-state index contributed by atoms with van der Waals surface area (Å²) in [5.41, 5.74) is 2.61. The van der Waals surface area contributed by atoms with Crippen molar-refractivity contribution in [3.8, 4) is 0 Å². The highest BCUT2D eigenvalue weighted by Crippen LogP contribution is 2.29. The molecule has 0 unspecified atom stereocenters. The molecule has 5 heteroatoms. The lowest BCUT2D eigenvalue weighted by atomic mass is 9.86. The van der Waals surface area contributed by atoms with Crippen molar-refractivity contribution >= 4 is 23.4 Å². The van der Waals surface area contributed by atoms with E-state index in [2.05, 4.69) is 36.1 Å². The minimum Gasteiger partial charge on any atom is -0.465 e. The number of benzene rings is 2. The van der Waals surface area contributed by atoms with Crippen molar-refractivity contribution in [2.75, 3.05) is 17.7 Å². The monoisotopic (exact) mass is 326 g/mol. The molecule has 0 spiro atoms. The number of carbonyl (C=O) groups excluding carboxylic acids is 2. The van der Waals surface area contributed by atoms with Gasteiger partial charge >= 0.3 is 12.0 Å². The lowest BCUT2D eigenvalue weighted by Crippen LogP contribution is -2.23. The molecule has 0 bridgehead atoms. The van der Waals surface area contributed by atoms with Crippen LogP contribution in [0.4, 0.5) is 16.2 Å². The van der Waals surface area contributed by atoms with Gasteiger partial charge in [-0.2, -0.15) is 0 Å². The molecule has 0 atom stereocenters. The molecule has 2 amide bonds. The summed E-state index contributed by atoms with van der Waals surface area (Å²) in [6, 6.07) is 13.9. The largest absolute Gasteiger partial charge is 0.465 e. The molecule has 0 fully saturated rings. The van der Waals surface area contributed by atoms with Gasteiger partial charge in [-0.3, -0.25) is 0 Å². The fraction of sp³-hybridized carbons (Fsp3) is 0.263.